The Morgan fingerprint density at radius 1 is 1.18 bits per heavy atom. The Kier molecular flexibility index (Phi) is 7.16. The Labute approximate surface area is 166 Å². The van der Waals surface area contributed by atoms with Gasteiger partial charge in [0.1, 0.15) is 11.6 Å². The highest BCUT2D eigenvalue weighted by atomic mass is 32.2. The van der Waals surface area contributed by atoms with Crippen molar-refractivity contribution in [2.75, 3.05) is 26.0 Å². The molecular weight excluding hydrogens is 376 g/mol. The van der Waals surface area contributed by atoms with E-state index >= 15 is 0 Å². The molecule has 28 heavy (non-hydrogen) atoms. The highest BCUT2D eigenvalue weighted by Crippen LogP contribution is 2.21. The first-order valence-corrected chi connectivity index (χ1v) is 10.5. The number of nitrogens with zero attached hydrogens (tertiary/aromatic N) is 3. The summed E-state index contributed by atoms with van der Waals surface area (Å²) in [4.78, 5) is 12.0. The first-order chi connectivity index (χ1) is 13.7. The van der Waals surface area contributed by atoms with Crippen LogP contribution >= 0.6 is 0 Å². The Morgan fingerprint density at radius 2 is 1.93 bits per heavy atom. The zero-order valence-corrected chi connectivity index (χ0v) is 16.6. The number of para-hydroxylation sites is 1. The average Bonchev–Trinajstić information content (AvgIpc) is 3.35. The second kappa shape index (κ2) is 10.0. The van der Waals surface area contributed by atoms with Crippen LogP contribution < -0.4 is 5.32 Å². The zero-order chi connectivity index (χ0) is 19.8. The van der Waals surface area contributed by atoms with Gasteiger partial charge in [0, 0.05) is 49.0 Å². The third-order valence-corrected chi connectivity index (χ3v) is 5.34. The topological polar surface area (TPSA) is 78.2 Å². The first kappa shape index (κ1) is 20.0. The lowest BCUT2D eigenvalue weighted by Gasteiger charge is -2.11. The average molecular weight is 401 g/mol. The lowest BCUT2D eigenvalue weighted by atomic mass is 10.3. The van der Waals surface area contributed by atoms with Crippen LogP contribution in [0.15, 0.2) is 61.1 Å². The molecule has 1 N–H and O–H groups in total. The largest absolute Gasteiger partial charge is 0.385 e. The van der Waals surface area contributed by atoms with Gasteiger partial charge < -0.3 is 14.6 Å². The van der Waals surface area contributed by atoms with Gasteiger partial charge in [0.05, 0.1) is 17.6 Å². The number of benzene rings is 1. The Morgan fingerprint density at radius 3 is 2.64 bits per heavy atom. The van der Waals surface area contributed by atoms with Crippen LogP contribution in [0.3, 0.4) is 0 Å². The van der Waals surface area contributed by atoms with Gasteiger partial charge in [-0.3, -0.25) is 9.00 Å². The van der Waals surface area contributed by atoms with Crippen molar-refractivity contribution in [3.8, 4) is 11.5 Å². The molecule has 2 aromatic heterocycles. The molecule has 0 aliphatic rings. The molecule has 3 aromatic rings. The van der Waals surface area contributed by atoms with E-state index in [-0.39, 0.29) is 17.4 Å². The van der Waals surface area contributed by atoms with E-state index in [4.69, 9.17) is 4.74 Å². The maximum absolute atomic E-state index is 12.6. The molecular formula is C20H24N4O3S. The van der Waals surface area contributed by atoms with Crippen molar-refractivity contribution in [3.63, 3.8) is 0 Å². The molecule has 0 radical (unpaired) electrons. The zero-order valence-electron chi connectivity index (χ0n) is 15.8. The van der Waals surface area contributed by atoms with Gasteiger partial charge in [0.2, 0.25) is 5.91 Å². The summed E-state index contributed by atoms with van der Waals surface area (Å²) in [7, 11) is 0.287. The summed E-state index contributed by atoms with van der Waals surface area (Å²) in [5, 5.41) is 7.26. The van der Waals surface area contributed by atoms with Gasteiger partial charge in [-0.15, -0.1) is 0 Å². The van der Waals surface area contributed by atoms with Gasteiger partial charge in [-0.25, -0.2) is 4.68 Å². The molecule has 8 heteroatoms. The monoisotopic (exact) mass is 400 g/mol. The number of ether oxygens (including phenoxy) is 1. The summed E-state index contributed by atoms with van der Waals surface area (Å²) in [6, 6.07) is 13.6. The fourth-order valence-corrected chi connectivity index (χ4v) is 3.90. The maximum atomic E-state index is 12.6. The number of aromatic nitrogens is 3. The normalized spacial score (nSPS) is 12.0. The molecule has 3 rings (SSSR count). The predicted octanol–water partition coefficient (Wildman–Crippen LogP) is 2.06. The SMILES string of the molecule is COCCCNC(=O)CS(=O)Cc1cnn(-c2ccccc2)c1-n1cccc1. The molecule has 7 nitrogen and oxygen atoms in total. The molecule has 0 aliphatic heterocycles. The lowest BCUT2D eigenvalue weighted by Crippen LogP contribution is -2.30. The van der Waals surface area contributed by atoms with Gasteiger partial charge in [-0.2, -0.15) is 5.10 Å². The fraction of sp³-hybridized carbons (Fsp3) is 0.300. The van der Waals surface area contributed by atoms with E-state index in [1.807, 2.05) is 64.1 Å². The summed E-state index contributed by atoms with van der Waals surface area (Å²) < 4.78 is 21.3. The Bertz CT molecular complexity index is 907. The molecule has 2 heterocycles. The van der Waals surface area contributed by atoms with Crippen LogP contribution in [0.1, 0.15) is 12.0 Å². The van der Waals surface area contributed by atoms with E-state index < -0.39 is 10.8 Å². The Hall–Kier alpha value is -2.71. The summed E-state index contributed by atoms with van der Waals surface area (Å²) in [5.74, 6) is 0.831. The van der Waals surface area contributed by atoms with Crippen molar-refractivity contribution in [1.82, 2.24) is 19.7 Å². The number of methoxy groups -OCH3 is 1. The van der Waals surface area contributed by atoms with Gasteiger partial charge >= 0.3 is 0 Å². The number of rotatable bonds is 10. The minimum absolute atomic E-state index is 0.0331. The van der Waals surface area contributed by atoms with E-state index in [1.54, 1.807) is 13.3 Å². The van der Waals surface area contributed by atoms with E-state index in [9.17, 15) is 9.00 Å². The van der Waals surface area contributed by atoms with Crippen molar-refractivity contribution >= 4 is 16.7 Å². The molecule has 1 unspecified atom stereocenters. The van der Waals surface area contributed by atoms with Gasteiger partial charge in [0.25, 0.3) is 0 Å². The second-order valence-corrected chi connectivity index (χ2v) is 7.71. The van der Waals surface area contributed by atoms with Crippen LogP contribution in [0.25, 0.3) is 11.5 Å². The van der Waals surface area contributed by atoms with Crippen molar-refractivity contribution in [1.29, 1.82) is 0 Å². The number of carbonyl (C=O) groups is 1. The van der Waals surface area contributed by atoms with Crippen molar-refractivity contribution in [2.45, 2.75) is 12.2 Å². The third kappa shape index (κ3) is 5.17. The van der Waals surface area contributed by atoms with Crippen LogP contribution in [0.4, 0.5) is 0 Å². The van der Waals surface area contributed by atoms with E-state index in [2.05, 4.69) is 10.4 Å². The molecule has 0 saturated carbocycles. The van der Waals surface area contributed by atoms with Gasteiger partial charge in [-0.1, -0.05) is 18.2 Å². The molecule has 1 amide bonds. The van der Waals surface area contributed by atoms with E-state index in [0.29, 0.717) is 13.2 Å². The third-order valence-electron chi connectivity index (χ3n) is 4.12. The molecule has 0 aliphatic carbocycles. The first-order valence-electron chi connectivity index (χ1n) is 9.05. The fourth-order valence-electron chi connectivity index (χ4n) is 2.85. The van der Waals surface area contributed by atoms with Crippen LogP contribution in [0.2, 0.25) is 0 Å². The summed E-state index contributed by atoms with van der Waals surface area (Å²) in [5.41, 5.74) is 1.74. The van der Waals surface area contributed by atoms with Crippen molar-refractivity contribution < 1.29 is 13.7 Å². The molecule has 148 valence electrons. The molecule has 0 bridgehead atoms. The quantitative estimate of drug-likeness (QED) is 0.529. The number of hydrogen-bond acceptors (Lipinski definition) is 4. The lowest BCUT2D eigenvalue weighted by molar-refractivity contribution is -0.118. The summed E-state index contributed by atoms with van der Waals surface area (Å²) in [6.45, 7) is 1.10. The molecule has 0 spiro atoms. The Balaban J connectivity index is 1.73. The van der Waals surface area contributed by atoms with Gasteiger partial charge in [-0.05, 0) is 30.7 Å². The molecule has 0 fully saturated rings. The number of nitrogens with one attached hydrogen (secondary N) is 1. The van der Waals surface area contributed by atoms with Crippen LogP contribution in [-0.4, -0.2) is 50.5 Å². The highest BCUT2D eigenvalue weighted by molar-refractivity contribution is 7.84. The standard InChI is InChI=1S/C20H24N4O3S/c1-27-13-7-10-21-19(25)16-28(26)15-17-14-22-24(18-8-3-2-4-9-18)20(17)23-11-5-6-12-23/h2-6,8-9,11-12,14H,7,10,13,15-16H2,1H3,(H,21,25). The minimum Gasteiger partial charge on any atom is -0.385 e. The minimum atomic E-state index is -1.33. The van der Waals surface area contributed by atoms with Crippen LogP contribution in [-0.2, 0) is 26.1 Å². The number of hydrogen-bond donors (Lipinski definition) is 1. The van der Waals surface area contributed by atoms with E-state index in [1.165, 1.54) is 0 Å². The van der Waals surface area contributed by atoms with Crippen LogP contribution in [0, 0.1) is 0 Å². The molecule has 1 atom stereocenters. The van der Waals surface area contributed by atoms with Crippen molar-refractivity contribution in [3.05, 3.63) is 66.6 Å². The summed E-state index contributed by atoms with van der Waals surface area (Å²) in [6.07, 6.45) is 6.30. The molecule has 0 saturated heterocycles. The van der Waals surface area contributed by atoms with Crippen molar-refractivity contribution in [2.24, 2.45) is 0 Å². The second-order valence-electron chi connectivity index (χ2n) is 6.26. The van der Waals surface area contributed by atoms with Gasteiger partial charge in [0.15, 0.2) is 0 Å². The van der Waals surface area contributed by atoms with Crippen LogP contribution in [0.5, 0.6) is 0 Å². The maximum Gasteiger partial charge on any atom is 0.232 e. The predicted molar refractivity (Wildman–Crippen MR) is 109 cm³/mol. The molecule has 1 aromatic carbocycles. The number of carbonyl (C=O) groups excluding carboxylic acids is 1. The summed E-state index contributed by atoms with van der Waals surface area (Å²) >= 11 is 0. The number of amides is 1. The smallest absolute Gasteiger partial charge is 0.232 e. The van der Waals surface area contributed by atoms with E-state index in [0.717, 1.165) is 23.5 Å². The highest BCUT2D eigenvalue weighted by Gasteiger charge is 2.17.